The number of hydrogen-bond acceptors (Lipinski definition) is 4. The second kappa shape index (κ2) is 9.11. The summed E-state index contributed by atoms with van der Waals surface area (Å²) >= 11 is 0. The molecule has 0 saturated carbocycles. The zero-order valence-corrected chi connectivity index (χ0v) is 14.6. The average molecular weight is 337 g/mol. The SMILES string of the molecule is CCOCCN1CCN([C@@H](C(N)=O)c2ccc(F)cc2)C[C@@H]1CC. The fourth-order valence-electron chi connectivity index (χ4n) is 3.36. The molecular formula is C18H28FN3O2. The van der Waals surface area contributed by atoms with E-state index in [4.69, 9.17) is 10.5 Å². The normalized spacial score (nSPS) is 20.9. The fourth-order valence-corrected chi connectivity index (χ4v) is 3.36. The van der Waals surface area contributed by atoms with Gasteiger partial charge in [-0.15, -0.1) is 0 Å². The van der Waals surface area contributed by atoms with Crippen molar-refractivity contribution in [3.8, 4) is 0 Å². The first-order valence-corrected chi connectivity index (χ1v) is 8.67. The molecule has 1 heterocycles. The lowest BCUT2D eigenvalue weighted by molar-refractivity contribution is -0.125. The van der Waals surface area contributed by atoms with E-state index < -0.39 is 6.04 Å². The van der Waals surface area contributed by atoms with Crippen LogP contribution in [-0.2, 0) is 9.53 Å². The van der Waals surface area contributed by atoms with Gasteiger partial charge in [0.25, 0.3) is 0 Å². The van der Waals surface area contributed by atoms with Gasteiger partial charge in [0.1, 0.15) is 11.9 Å². The van der Waals surface area contributed by atoms with Gasteiger partial charge in [0.05, 0.1) is 6.61 Å². The maximum atomic E-state index is 13.2. The van der Waals surface area contributed by atoms with Crippen molar-refractivity contribution in [3.63, 3.8) is 0 Å². The highest BCUT2D eigenvalue weighted by molar-refractivity contribution is 5.81. The quantitative estimate of drug-likeness (QED) is 0.735. The summed E-state index contributed by atoms with van der Waals surface area (Å²) in [5.74, 6) is -0.701. The van der Waals surface area contributed by atoms with Gasteiger partial charge in [0.15, 0.2) is 0 Å². The molecule has 5 nitrogen and oxygen atoms in total. The molecule has 1 aromatic rings. The van der Waals surface area contributed by atoms with Crippen LogP contribution in [0.25, 0.3) is 0 Å². The Bertz CT molecular complexity index is 524. The van der Waals surface area contributed by atoms with Gasteiger partial charge in [0.2, 0.25) is 5.91 Å². The van der Waals surface area contributed by atoms with Crippen LogP contribution >= 0.6 is 0 Å². The molecule has 1 aliphatic heterocycles. The number of carbonyl (C=O) groups is 1. The van der Waals surface area contributed by atoms with Gasteiger partial charge in [-0.2, -0.15) is 0 Å². The summed E-state index contributed by atoms with van der Waals surface area (Å²) in [7, 11) is 0. The highest BCUT2D eigenvalue weighted by Gasteiger charge is 2.33. The molecule has 1 fully saturated rings. The van der Waals surface area contributed by atoms with E-state index in [2.05, 4.69) is 16.7 Å². The van der Waals surface area contributed by atoms with E-state index in [1.54, 1.807) is 12.1 Å². The summed E-state index contributed by atoms with van der Waals surface area (Å²) in [4.78, 5) is 16.5. The van der Waals surface area contributed by atoms with Crippen LogP contribution in [0.4, 0.5) is 4.39 Å². The number of piperazine rings is 1. The number of ether oxygens (including phenoxy) is 1. The minimum absolute atomic E-state index is 0.311. The summed E-state index contributed by atoms with van der Waals surface area (Å²) in [6, 6.07) is 5.90. The monoisotopic (exact) mass is 337 g/mol. The average Bonchev–Trinajstić information content (AvgIpc) is 2.57. The molecule has 2 N–H and O–H groups in total. The van der Waals surface area contributed by atoms with E-state index in [0.717, 1.165) is 51.4 Å². The van der Waals surface area contributed by atoms with Crippen molar-refractivity contribution in [3.05, 3.63) is 35.6 Å². The molecule has 24 heavy (non-hydrogen) atoms. The summed E-state index contributed by atoms with van der Waals surface area (Å²) in [5.41, 5.74) is 6.40. The highest BCUT2D eigenvalue weighted by atomic mass is 19.1. The number of primary amides is 1. The van der Waals surface area contributed by atoms with Gasteiger partial charge in [-0.3, -0.25) is 14.6 Å². The molecule has 1 amide bonds. The Balaban J connectivity index is 2.07. The van der Waals surface area contributed by atoms with Gasteiger partial charge in [0, 0.05) is 38.8 Å². The van der Waals surface area contributed by atoms with Crippen LogP contribution in [0.5, 0.6) is 0 Å². The van der Waals surface area contributed by atoms with Crippen molar-refractivity contribution in [2.45, 2.75) is 32.4 Å². The second-order valence-electron chi connectivity index (χ2n) is 6.15. The predicted molar refractivity (Wildman–Crippen MR) is 92.1 cm³/mol. The van der Waals surface area contributed by atoms with Crippen molar-refractivity contribution in [2.75, 3.05) is 39.4 Å². The standard InChI is InChI=1S/C18H28FN3O2/c1-3-16-13-22(10-9-21(16)11-12-24-4-2)17(18(20)23)14-5-7-15(19)8-6-14/h5-8,16-17H,3-4,9-13H2,1-2H3,(H2,20,23)/t16-,17+/m0/s1. The van der Waals surface area contributed by atoms with Gasteiger partial charge >= 0.3 is 0 Å². The Kier molecular flexibility index (Phi) is 7.15. The third-order valence-electron chi connectivity index (χ3n) is 4.65. The van der Waals surface area contributed by atoms with E-state index in [9.17, 15) is 9.18 Å². The van der Waals surface area contributed by atoms with Crippen LogP contribution in [0.2, 0.25) is 0 Å². The predicted octanol–water partition coefficient (Wildman–Crippen LogP) is 1.78. The number of hydrogen-bond donors (Lipinski definition) is 1. The van der Waals surface area contributed by atoms with Crippen LogP contribution in [-0.4, -0.2) is 61.1 Å². The topological polar surface area (TPSA) is 58.8 Å². The molecule has 0 unspecified atom stereocenters. The molecule has 0 aromatic heterocycles. The second-order valence-corrected chi connectivity index (χ2v) is 6.15. The van der Waals surface area contributed by atoms with Crippen LogP contribution in [0.15, 0.2) is 24.3 Å². The summed E-state index contributed by atoms with van der Waals surface area (Å²) in [6.07, 6.45) is 0.998. The molecular weight excluding hydrogens is 309 g/mol. The Hall–Kier alpha value is -1.50. The van der Waals surface area contributed by atoms with Crippen molar-refractivity contribution in [2.24, 2.45) is 5.73 Å². The number of halogens is 1. The number of nitrogens with zero attached hydrogens (tertiary/aromatic N) is 2. The molecule has 1 saturated heterocycles. The molecule has 2 rings (SSSR count). The highest BCUT2D eigenvalue weighted by Crippen LogP contribution is 2.25. The van der Waals surface area contributed by atoms with Gasteiger partial charge in [-0.25, -0.2) is 4.39 Å². The molecule has 0 aliphatic carbocycles. The smallest absolute Gasteiger partial charge is 0.239 e. The minimum atomic E-state index is -0.506. The van der Waals surface area contributed by atoms with Crippen LogP contribution in [0.3, 0.4) is 0 Å². The summed E-state index contributed by atoms with van der Waals surface area (Å²) in [5, 5.41) is 0. The lowest BCUT2D eigenvalue weighted by Gasteiger charge is -2.43. The summed E-state index contributed by atoms with van der Waals surface area (Å²) in [6.45, 7) is 8.90. The third kappa shape index (κ3) is 4.75. The van der Waals surface area contributed by atoms with Crippen LogP contribution < -0.4 is 5.73 Å². The molecule has 0 bridgehead atoms. The molecule has 1 aliphatic rings. The first-order chi connectivity index (χ1) is 11.6. The molecule has 6 heteroatoms. The van der Waals surface area contributed by atoms with Crippen LogP contribution in [0.1, 0.15) is 31.9 Å². The largest absolute Gasteiger partial charge is 0.380 e. The van der Waals surface area contributed by atoms with E-state index >= 15 is 0 Å². The Morgan fingerprint density at radius 2 is 2.04 bits per heavy atom. The lowest BCUT2D eigenvalue weighted by Crippen LogP contribution is -2.56. The number of carbonyl (C=O) groups excluding carboxylic acids is 1. The maximum Gasteiger partial charge on any atom is 0.239 e. The molecule has 2 atom stereocenters. The van der Waals surface area contributed by atoms with E-state index in [1.165, 1.54) is 12.1 Å². The number of amides is 1. The number of rotatable bonds is 8. The van der Waals surface area contributed by atoms with Crippen LogP contribution in [0, 0.1) is 5.82 Å². The fraction of sp³-hybridized carbons (Fsp3) is 0.611. The summed E-state index contributed by atoms with van der Waals surface area (Å²) < 4.78 is 18.6. The molecule has 1 aromatic carbocycles. The third-order valence-corrected chi connectivity index (χ3v) is 4.65. The van der Waals surface area contributed by atoms with Gasteiger partial charge in [-0.1, -0.05) is 19.1 Å². The Labute approximate surface area is 143 Å². The minimum Gasteiger partial charge on any atom is -0.380 e. The zero-order chi connectivity index (χ0) is 17.5. The maximum absolute atomic E-state index is 13.2. The first kappa shape index (κ1) is 18.8. The first-order valence-electron chi connectivity index (χ1n) is 8.67. The van der Waals surface area contributed by atoms with E-state index in [0.29, 0.717) is 6.04 Å². The van der Waals surface area contributed by atoms with Crippen molar-refractivity contribution >= 4 is 5.91 Å². The molecule has 0 radical (unpaired) electrons. The Morgan fingerprint density at radius 1 is 1.33 bits per heavy atom. The zero-order valence-electron chi connectivity index (χ0n) is 14.6. The van der Waals surface area contributed by atoms with Crippen molar-refractivity contribution in [1.82, 2.24) is 9.80 Å². The molecule has 0 spiro atoms. The van der Waals surface area contributed by atoms with Crippen molar-refractivity contribution in [1.29, 1.82) is 0 Å². The van der Waals surface area contributed by atoms with Gasteiger partial charge < -0.3 is 10.5 Å². The van der Waals surface area contributed by atoms with Crippen molar-refractivity contribution < 1.29 is 13.9 Å². The lowest BCUT2D eigenvalue weighted by atomic mass is 10.0. The van der Waals surface area contributed by atoms with Gasteiger partial charge in [-0.05, 0) is 31.0 Å². The van der Waals surface area contributed by atoms with E-state index in [1.807, 2.05) is 6.92 Å². The molecule has 134 valence electrons. The van der Waals surface area contributed by atoms with E-state index in [-0.39, 0.29) is 11.7 Å². The number of nitrogens with two attached hydrogens (primary N) is 1. The number of benzene rings is 1. The Morgan fingerprint density at radius 3 is 2.62 bits per heavy atom.